The SMILES string of the molecule is Cc1cc(-c2nn3cc(C4CCC5(CC4)CN(C(=O)OC(C)(C)C)C5)nc3s2)cc2cn(C)nc12. The Morgan fingerprint density at radius 1 is 1.14 bits per heavy atom. The van der Waals surface area contributed by atoms with Crippen LogP contribution in [-0.4, -0.2) is 54.1 Å². The molecule has 1 aromatic carbocycles. The van der Waals surface area contributed by atoms with Crippen molar-refractivity contribution >= 4 is 33.3 Å². The van der Waals surface area contributed by atoms with Crippen molar-refractivity contribution in [3.05, 3.63) is 35.8 Å². The summed E-state index contributed by atoms with van der Waals surface area (Å²) in [6, 6.07) is 4.32. The number of nitrogens with zero attached hydrogens (tertiary/aromatic N) is 6. The van der Waals surface area contributed by atoms with Gasteiger partial charge >= 0.3 is 6.09 Å². The number of fused-ring (bicyclic) bond motifs is 2. The summed E-state index contributed by atoms with van der Waals surface area (Å²) < 4.78 is 9.32. The number of rotatable bonds is 2. The molecular formula is C26H32N6O2S. The van der Waals surface area contributed by atoms with Crippen molar-refractivity contribution in [2.24, 2.45) is 12.5 Å². The smallest absolute Gasteiger partial charge is 0.410 e. The summed E-state index contributed by atoms with van der Waals surface area (Å²) in [7, 11) is 1.95. The highest BCUT2D eigenvalue weighted by atomic mass is 32.1. The maximum atomic E-state index is 12.3. The van der Waals surface area contributed by atoms with Gasteiger partial charge in [-0.15, -0.1) is 0 Å². The molecule has 184 valence electrons. The number of carbonyl (C=O) groups is 1. The molecular weight excluding hydrogens is 460 g/mol. The fraction of sp³-hybridized carbons (Fsp3) is 0.538. The van der Waals surface area contributed by atoms with Gasteiger partial charge < -0.3 is 9.64 Å². The zero-order valence-corrected chi connectivity index (χ0v) is 21.9. The van der Waals surface area contributed by atoms with E-state index in [4.69, 9.17) is 14.8 Å². The molecule has 0 atom stereocenters. The Morgan fingerprint density at radius 2 is 1.89 bits per heavy atom. The number of aromatic nitrogens is 5. The predicted molar refractivity (Wildman–Crippen MR) is 137 cm³/mol. The van der Waals surface area contributed by atoms with E-state index < -0.39 is 5.60 Å². The van der Waals surface area contributed by atoms with Crippen LogP contribution < -0.4 is 0 Å². The predicted octanol–water partition coefficient (Wildman–Crippen LogP) is 5.55. The highest BCUT2D eigenvalue weighted by molar-refractivity contribution is 7.19. The summed E-state index contributed by atoms with van der Waals surface area (Å²) in [5.74, 6) is 0.461. The van der Waals surface area contributed by atoms with Gasteiger partial charge in [-0.25, -0.2) is 14.3 Å². The molecule has 1 aliphatic heterocycles. The minimum absolute atomic E-state index is 0.181. The number of benzene rings is 1. The zero-order chi connectivity index (χ0) is 24.5. The highest BCUT2D eigenvalue weighted by Crippen LogP contribution is 2.48. The fourth-order valence-electron chi connectivity index (χ4n) is 5.64. The highest BCUT2D eigenvalue weighted by Gasteiger charge is 2.48. The molecule has 0 radical (unpaired) electrons. The van der Waals surface area contributed by atoms with Crippen molar-refractivity contribution in [1.29, 1.82) is 0 Å². The molecule has 35 heavy (non-hydrogen) atoms. The van der Waals surface area contributed by atoms with E-state index >= 15 is 0 Å². The van der Waals surface area contributed by atoms with Crippen LogP contribution in [0.4, 0.5) is 4.79 Å². The average molecular weight is 493 g/mol. The van der Waals surface area contributed by atoms with Crippen LogP contribution in [-0.2, 0) is 11.8 Å². The van der Waals surface area contributed by atoms with E-state index in [1.54, 1.807) is 11.3 Å². The third-order valence-electron chi connectivity index (χ3n) is 7.39. The third kappa shape index (κ3) is 4.09. The van der Waals surface area contributed by atoms with Crippen LogP contribution in [0.5, 0.6) is 0 Å². The standard InChI is InChI=1S/C26H32N6O2S/c1-16-10-18(11-19-12-30(5)28-21(16)19)22-29-32-13-20(27-23(32)35-22)17-6-8-26(9-7-17)14-31(15-26)24(33)34-25(2,3)4/h10-13,17H,6-9,14-15H2,1-5H3. The fourth-order valence-corrected chi connectivity index (χ4v) is 6.52. The van der Waals surface area contributed by atoms with E-state index in [-0.39, 0.29) is 11.5 Å². The second-order valence-electron chi connectivity index (χ2n) is 11.4. The topological polar surface area (TPSA) is 77.5 Å². The summed E-state index contributed by atoms with van der Waals surface area (Å²) in [5, 5.41) is 11.5. The van der Waals surface area contributed by atoms with Crippen LogP contribution >= 0.6 is 11.3 Å². The molecule has 6 rings (SSSR count). The Bertz CT molecular complexity index is 1390. The summed E-state index contributed by atoms with van der Waals surface area (Å²) in [6.07, 6.45) is 8.46. The molecule has 1 saturated heterocycles. The van der Waals surface area contributed by atoms with E-state index in [1.807, 2.05) is 48.1 Å². The second-order valence-corrected chi connectivity index (χ2v) is 12.4. The van der Waals surface area contributed by atoms with E-state index in [0.29, 0.717) is 5.92 Å². The number of carbonyl (C=O) groups excluding carboxylic acids is 1. The van der Waals surface area contributed by atoms with Crippen molar-refractivity contribution in [3.8, 4) is 10.6 Å². The van der Waals surface area contributed by atoms with Crippen LogP contribution in [0.25, 0.3) is 26.4 Å². The van der Waals surface area contributed by atoms with Crippen LogP contribution in [0.2, 0.25) is 0 Å². The lowest BCUT2D eigenvalue weighted by Crippen LogP contribution is -2.60. The lowest BCUT2D eigenvalue weighted by atomic mass is 9.65. The van der Waals surface area contributed by atoms with E-state index in [0.717, 1.165) is 76.5 Å². The van der Waals surface area contributed by atoms with Crippen LogP contribution in [0.15, 0.2) is 24.5 Å². The van der Waals surface area contributed by atoms with Crippen LogP contribution in [0.3, 0.4) is 0 Å². The minimum Gasteiger partial charge on any atom is -0.444 e. The average Bonchev–Trinajstić information content (AvgIpc) is 3.43. The number of likely N-dealkylation sites (tertiary alicyclic amines) is 1. The van der Waals surface area contributed by atoms with Crippen molar-refractivity contribution < 1.29 is 9.53 Å². The summed E-state index contributed by atoms with van der Waals surface area (Å²) in [4.78, 5) is 20.1. The molecule has 2 fully saturated rings. The Morgan fingerprint density at radius 3 is 2.57 bits per heavy atom. The number of hydrogen-bond donors (Lipinski definition) is 0. The number of imidazole rings is 1. The first-order chi connectivity index (χ1) is 16.6. The molecule has 2 aliphatic rings. The Hall–Kier alpha value is -2.94. The molecule has 0 unspecified atom stereocenters. The van der Waals surface area contributed by atoms with Gasteiger partial charge in [0.1, 0.15) is 10.6 Å². The molecule has 0 N–H and O–H groups in total. The molecule has 4 heterocycles. The van der Waals surface area contributed by atoms with Gasteiger partial charge in [-0.05, 0) is 71.1 Å². The quantitative estimate of drug-likeness (QED) is 0.367. The monoisotopic (exact) mass is 492 g/mol. The molecule has 3 aromatic heterocycles. The normalized spacial score (nSPS) is 18.5. The Labute approximate surface area is 208 Å². The van der Waals surface area contributed by atoms with E-state index in [1.165, 1.54) is 0 Å². The van der Waals surface area contributed by atoms with Crippen LogP contribution in [0.1, 0.15) is 63.6 Å². The van der Waals surface area contributed by atoms with Gasteiger partial charge in [0.2, 0.25) is 4.96 Å². The lowest BCUT2D eigenvalue weighted by Gasteiger charge is -2.53. The molecule has 8 nitrogen and oxygen atoms in total. The molecule has 1 saturated carbocycles. The first-order valence-corrected chi connectivity index (χ1v) is 13.2. The van der Waals surface area contributed by atoms with Gasteiger partial charge in [0.25, 0.3) is 0 Å². The Balaban J connectivity index is 1.12. The van der Waals surface area contributed by atoms with Gasteiger partial charge in [0, 0.05) is 48.6 Å². The van der Waals surface area contributed by atoms with Crippen molar-refractivity contribution in [2.75, 3.05) is 13.1 Å². The maximum Gasteiger partial charge on any atom is 0.410 e. The van der Waals surface area contributed by atoms with Gasteiger partial charge in [-0.3, -0.25) is 4.68 Å². The third-order valence-corrected chi connectivity index (χ3v) is 8.36. The molecule has 4 aromatic rings. The first-order valence-electron chi connectivity index (χ1n) is 12.4. The van der Waals surface area contributed by atoms with Crippen molar-refractivity contribution in [2.45, 2.75) is 64.9 Å². The molecule has 1 aliphatic carbocycles. The molecule has 1 spiro atoms. The van der Waals surface area contributed by atoms with Gasteiger partial charge in [0.15, 0.2) is 0 Å². The van der Waals surface area contributed by atoms with Crippen molar-refractivity contribution in [3.63, 3.8) is 0 Å². The van der Waals surface area contributed by atoms with Gasteiger partial charge in [-0.2, -0.15) is 10.2 Å². The maximum absolute atomic E-state index is 12.3. The van der Waals surface area contributed by atoms with Crippen LogP contribution in [0, 0.1) is 12.3 Å². The van der Waals surface area contributed by atoms with E-state index in [2.05, 4.69) is 30.4 Å². The number of amides is 1. The largest absolute Gasteiger partial charge is 0.444 e. The van der Waals surface area contributed by atoms with Gasteiger partial charge in [0.05, 0.1) is 17.4 Å². The minimum atomic E-state index is -0.441. The molecule has 0 bridgehead atoms. The number of aryl methyl sites for hydroxylation is 2. The van der Waals surface area contributed by atoms with E-state index in [9.17, 15) is 4.79 Å². The number of hydrogen-bond acceptors (Lipinski definition) is 6. The summed E-state index contributed by atoms with van der Waals surface area (Å²) >= 11 is 1.64. The number of ether oxygens (including phenoxy) is 1. The Kier molecular flexibility index (Phi) is 5.01. The zero-order valence-electron chi connectivity index (χ0n) is 21.0. The van der Waals surface area contributed by atoms with Crippen molar-refractivity contribution in [1.82, 2.24) is 29.3 Å². The molecule has 1 amide bonds. The molecule has 9 heteroatoms. The lowest BCUT2D eigenvalue weighted by molar-refractivity contribution is -0.0507. The summed E-state index contributed by atoms with van der Waals surface area (Å²) in [6.45, 7) is 9.48. The van der Waals surface area contributed by atoms with Gasteiger partial charge in [-0.1, -0.05) is 11.3 Å². The summed E-state index contributed by atoms with van der Waals surface area (Å²) in [5.41, 5.74) is 4.27. The second kappa shape index (κ2) is 7.78. The first kappa shape index (κ1) is 22.5.